The van der Waals surface area contributed by atoms with Crippen LogP contribution in [-0.4, -0.2) is 14.7 Å². The third-order valence-corrected chi connectivity index (χ3v) is 3.93. The Kier molecular flexibility index (Phi) is 5.33. The quantitative estimate of drug-likeness (QED) is 0.577. The molecule has 25 heavy (non-hydrogen) atoms. The lowest BCUT2D eigenvalue weighted by Crippen LogP contribution is -2.02. The number of aromatic nitrogens is 2. The predicted molar refractivity (Wildman–Crippen MR) is 98.2 cm³/mol. The minimum Gasteiger partial charge on any atom is -0.397 e. The molecule has 0 atom stereocenters. The van der Waals surface area contributed by atoms with E-state index in [1.807, 2.05) is 54.2 Å². The Morgan fingerprint density at radius 3 is 2.76 bits per heavy atom. The fourth-order valence-corrected chi connectivity index (χ4v) is 2.51. The summed E-state index contributed by atoms with van der Waals surface area (Å²) in [7, 11) is 1.95. The number of aliphatic hydroxyl groups is 1. The second-order valence-electron chi connectivity index (χ2n) is 5.85. The van der Waals surface area contributed by atoms with Crippen molar-refractivity contribution in [3.05, 3.63) is 71.8 Å². The van der Waals surface area contributed by atoms with Gasteiger partial charge >= 0.3 is 0 Å². The number of benzene rings is 2. The normalized spacial score (nSPS) is 10.8. The number of rotatable bonds is 7. The van der Waals surface area contributed by atoms with Crippen LogP contribution < -0.4 is 11.1 Å². The van der Waals surface area contributed by atoms with Crippen LogP contribution in [0.25, 0.3) is 0 Å². The van der Waals surface area contributed by atoms with Crippen molar-refractivity contribution in [3.63, 3.8) is 0 Å². The average Bonchev–Trinajstić information content (AvgIpc) is 3.02. The van der Waals surface area contributed by atoms with E-state index in [1.54, 1.807) is 12.3 Å². The van der Waals surface area contributed by atoms with E-state index < -0.39 is 0 Å². The third kappa shape index (κ3) is 4.37. The molecule has 6 heteroatoms. The van der Waals surface area contributed by atoms with Gasteiger partial charge in [0, 0.05) is 25.1 Å². The Morgan fingerprint density at radius 2 is 2.04 bits per heavy atom. The monoisotopic (exact) mass is 338 g/mol. The van der Waals surface area contributed by atoms with Gasteiger partial charge < -0.3 is 25.5 Å². The van der Waals surface area contributed by atoms with Gasteiger partial charge in [-0.1, -0.05) is 18.2 Å². The molecule has 1 heterocycles. The Hall–Kier alpha value is -2.83. The standard InChI is InChI=1S/C19H22N4O2/c1-23-8-7-21-19(23)13-25-12-15-3-2-4-16(9-15)22-18-6-5-14(11-24)10-17(18)20/h2-10,22,24H,11-13,20H2,1H3. The molecule has 0 amide bonds. The van der Waals surface area contributed by atoms with Gasteiger partial charge in [-0.3, -0.25) is 0 Å². The molecule has 1 aromatic heterocycles. The summed E-state index contributed by atoms with van der Waals surface area (Å²) >= 11 is 0. The Morgan fingerprint density at radius 1 is 1.16 bits per heavy atom. The molecule has 6 nitrogen and oxygen atoms in total. The maximum Gasteiger partial charge on any atom is 0.134 e. The van der Waals surface area contributed by atoms with Crippen LogP contribution >= 0.6 is 0 Å². The summed E-state index contributed by atoms with van der Waals surface area (Å²) in [5, 5.41) is 12.4. The largest absolute Gasteiger partial charge is 0.397 e. The first-order valence-corrected chi connectivity index (χ1v) is 8.05. The molecule has 3 aromatic rings. The molecule has 3 rings (SSSR count). The van der Waals surface area contributed by atoms with Crippen LogP contribution in [0.15, 0.2) is 54.9 Å². The highest BCUT2D eigenvalue weighted by atomic mass is 16.5. The van der Waals surface area contributed by atoms with Crippen LogP contribution in [0.5, 0.6) is 0 Å². The lowest BCUT2D eigenvalue weighted by atomic mass is 10.1. The number of nitrogen functional groups attached to an aromatic ring is 1. The van der Waals surface area contributed by atoms with Gasteiger partial charge in [0.2, 0.25) is 0 Å². The number of nitrogens with zero attached hydrogens (tertiary/aromatic N) is 2. The van der Waals surface area contributed by atoms with Gasteiger partial charge in [-0.25, -0.2) is 4.98 Å². The van der Waals surface area contributed by atoms with E-state index >= 15 is 0 Å². The number of anilines is 3. The highest BCUT2D eigenvalue weighted by Gasteiger charge is 2.04. The fraction of sp³-hybridized carbons (Fsp3) is 0.211. The maximum absolute atomic E-state index is 9.15. The second kappa shape index (κ2) is 7.83. The molecule has 0 spiro atoms. The van der Waals surface area contributed by atoms with Gasteiger partial charge in [0.15, 0.2) is 0 Å². The molecule has 0 radical (unpaired) electrons. The van der Waals surface area contributed by atoms with E-state index in [4.69, 9.17) is 15.6 Å². The Labute approximate surface area is 146 Å². The van der Waals surface area contributed by atoms with Gasteiger partial charge in [-0.05, 0) is 35.4 Å². The molecule has 0 bridgehead atoms. The summed E-state index contributed by atoms with van der Waals surface area (Å²) in [6.45, 7) is 0.950. The van der Waals surface area contributed by atoms with Gasteiger partial charge in [0.05, 0.1) is 24.6 Å². The molecule has 0 aliphatic rings. The number of nitrogens with one attached hydrogen (secondary N) is 1. The first-order valence-electron chi connectivity index (χ1n) is 8.05. The Bertz CT molecular complexity index is 845. The van der Waals surface area contributed by atoms with Crippen LogP contribution in [0.4, 0.5) is 17.1 Å². The summed E-state index contributed by atoms with van der Waals surface area (Å²) in [5.41, 5.74) is 10.2. The number of aliphatic hydroxyl groups excluding tert-OH is 1. The van der Waals surface area contributed by atoms with Crippen LogP contribution in [0.3, 0.4) is 0 Å². The molecule has 0 saturated heterocycles. The maximum atomic E-state index is 9.15. The van der Waals surface area contributed by atoms with E-state index in [-0.39, 0.29) is 6.61 Å². The highest BCUT2D eigenvalue weighted by Crippen LogP contribution is 2.25. The van der Waals surface area contributed by atoms with Crippen molar-refractivity contribution in [3.8, 4) is 0 Å². The summed E-state index contributed by atoms with van der Waals surface area (Å²) in [4.78, 5) is 4.24. The number of hydrogen-bond acceptors (Lipinski definition) is 5. The van der Waals surface area contributed by atoms with E-state index in [0.717, 1.165) is 28.3 Å². The average molecular weight is 338 g/mol. The SMILES string of the molecule is Cn1ccnc1COCc1cccc(Nc2ccc(CO)cc2N)c1. The predicted octanol–water partition coefficient (Wildman–Crippen LogP) is 2.96. The molecule has 4 N–H and O–H groups in total. The van der Waals surface area contributed by atoms with E-state index in [9.17, 15) is 0 Å². The summed E-state index contributed by atoms with van der Waals surface area (Å²) < 4.78 is 7.68. The first kappa shape index (κ1) is 17.0. The topological polar surface area (TPSA) is 85.3 Å². The number of aryl methyl sites for hydroxylation is 1. The molecular weight excluding hydrogens is 316 g/mol. The smallest absolute Gasteiger partial charge is 0.134 e. The van der Waals surface area contributed by atoms with Gasteiger partial charge in [0.25, 0.3) is 0 Å². The molecular formula is C19H22N4O2. The minimum absolute atomic E-state index is 0.0205. The number of ether oxygens (including phenoxy) is 1. The highest BCUT2D eigenvalue weighted by molar-refractivity contribution is 5.73. The molecule has 0 saturated carbocycles. The zero-order valence-electron chi connectivity index (χ0n) is 14.1. The van der Waals surface area contributed by atoms with Gasteiger partial charge in [-0.2, -0.15) is 0 Å². The Balaban J connectivity index is 1.62. The number of imidazole rings is 1. The number of nitrogens with two attached hydrogens (primary N) is 1. The molecule has 0 unspecified atom stereocenters. The lowest BCUT2D eigenvalue weighted by molar-refractivity contribution is 0.1000. The van der Waals surface area contributed by atoms with E-state index in [1.165, 1.54) is 0 Å². The molecule has 0 aliphatic heterocycles. The van der Waals surface area contributed by atoms with Crippen molar-refractivity contribution in [2.75, 3.05) is 11.1 Å². The summed E-state index contributed by atoms with van der Waals surface area (Å²) in [5.74, 6) is 0.894. The molecule has 0 aliphatic carbocycles. The second-order valence-corrected chi connectivity index (χ2v) is 5.85. The van der Waals surface area contributed by atoms with Crippen molar-refractivity contribution in [2.45, 2.75) is 19.8 Å². The van der Waals surface area contributed by atoms with Crippen molar-refractivity contribution in [1.29, 1.82) is 0 Å². The third-order valence-electron chi connectivity index (χ3n) is 3.93. The van der Waals surface area contributed by atoms with Crippen LogP contribution in [0.1, 0.15) is 17.0 Å². The van der Waals surface area contributed by atoms with E-state index in [2.05, 4.69) is 10.3 Å². The minimum atomic E-state index is -0.0205. The molecule has 2 aromatic carbocycles. The van der Waals surface area contributed by atoms with Crippen LogP contribution in [0, 0.1) is 0 Å². The van der Waals surface area contributed by atoms with Crippen molar-refractivity contribution in [2.24, 2.45) is 7.05 Å². The van der Waals surface area contributed by atoms with Crippen molar-refractivity contribution in [1.82, 2.24) is 9.55 Å². The van der Waals surface area contributed by atoms with Gasteiger partial charge in [-0.15, -0.1) is 0 Å². The van der Waals surface area contributed by atoms with Crippen molar-refractivity contribution < 1.29 is 9.84 Å². The number of hydrogen-bond donors (Lipinski definition) is 3. The fourth-order valence-electron chi connectivity index (χ4n) is 2.51. The van der Waals surface area contributed by atoms with Crippen LogP contribution in [-0.2, 0) is 31.6 Å². The van der Waals surface area contributed by atoms with Gasteiger partial charge in [0.1, 0.15) is 12.4 Å². The molecule has 0 fully saturated rings. The zero-order chi connectivity index (χ0) is 17.6. The summed E-state index contributed by atoms with van der Waals surface area (Å²) in [6.07, 6.45) is 3.66. The molecule has 130 valence electrons. The van der Waals surface area contributed by atoms with E-state index in [0.29, 0.717) is 18.9 Å². The first-order chi connectivity index (χ1) is 12.2. The lowest BCUT2D eigenvalue weighted by Gasteiger charge is -2.12. The van der Waals surface area contributed by atoms with Crippen LogP contribution in [0.2, 0.25) is 0 Å². The zero-order valence-corrected chi connectivity index (χ0v) is 14.1. The summed E-state index contributed by atoms with van der Waals surface area (Å²) in [6, 6.07) is 13.5. The van der Waals surface area contributed by atoms with Crippen molar-refractivity contribution >= 4 is 17.1 Å².